The fourth-order valence-electron chi connectivity index (χ4n) is 3.26. The maximum Gasteiger partial charge on any atom is 0.0952 e. The van der Waals surface area contributed by atoms with Crippen molar-refractivity contribution in [3.63, 3.8) is 0 Å². The fourth-order valence-corrected chi connectivity index (χ4v) is 3.26. The first kappa shape index (κ1) is 13.1. The van der Waals surface area contributed by atoms with Crippen LogP contribution in [-0.4, -0.2) is 32.4 Å². The van der Waals surface area contributed by atoms with Crippen LogP contribution in [0.1, 0.15) is 36.5 Å². The largest absolute Gasteiger partial charge is 0.381 e. The average molecular weight is 261 g/mol. The van der Waals surface area contributed by atoms with E-state index in [1.807, 2.05) is 7.11 Å². The first-order valence-corrected chi connectivity index (χ1v) is 7.32. The molecule has 1 aliphatic carbocycles. The Morgan fingerprint density at radius 1 is 1.32 bits per heavy atom. The van der Waals surface area contributed by atoms with Crippen LogP contribution >= 0.6 is 0 Å². The fraction of sp³-hybridized carbons (Fsp3) is 0.625. The number of ether oxygens (including phenoxy) is 2. The zero-order chi connectivity index (χ0) is 13.1. The van der Waals surface area contributed by atoms with E-state index < -0.39 is 0 Å². The Morgan fingerprint density at radius 3 is 3.05 bits per heavy atom. The lowest BCUT2D eigenvalue weighted by molar-refractivity contribution is 0.0401. The molecule has 0 radical (unpaired) electrons. The third-order valence-corrected chi connectivity index (χ3v) is 4.40. The van der Waals surface area contributed by atoms with E-state index in [0.29, 0.717) is 12.1 Å². The molecule has 104 valence electrons. The van der Waals surface area contributed by atoms with Gasteiger partial charge in [0.1, 0.15) is 0 Å². The lowest BCUT2D eigenvalue weighted by atomic mass is 9.97. The maximum atomic E-state index is 5.92. The van der Waals surface area contributed by atoms with E-state index in [9.17, 15) is 0 Å². The van der Waals surface area contributed by atoms with Gasteiger partial charge in [0.2, 0.25) is 0 Å². The molecule has 1 aromatic rings. The summed E-state index contributed by atoms with van der Waals surface area (Å²) in [4.78, 5) is 0. The molecular weight excluding hydrogens is 238 g/mol. The highest BCUT2D eigenvalue weighted by molar-refractivity contribution is 5.31. The minimum Gasteiger partial charge on any atom is -0.381 e. The molecule has 2 aliphatic rings. The van der Waals surface area contributed by atoms with Crippen LogP contribution in [0, 0.1) is 0 Å². The molecule has 0 amide bonds. The average Bonchev–Trinajstić information content (AvgIpc) is 2.93. The van der Waals surface area contributed by atoms with E-state index in [1.165, 1.54) is 24.0 Å². The van der Waals surface area contributed by atoms with Gasteiger partial charge in [0.25, 0.3) is 0 Å². The summed E-state index contributed by atoms with van der Waals surface area (Å²) in [6.45, 7) is 1.76. The highest BCUT2D eigenvalue weighted by Crippen LogP contribution is 2.27. The van der Waals surface area contributed by atoms with E-state index in [0.717, 1.165) is 26.0 Å². The predicted molar refractivity (Wildman–Crippen MR) is 75.3 cm³/mol. The highest BCUT2D eigenvalue weighted by atomic mass is 16.5. The SMILES string of the molecule is COC1CCC(NCC2OCCc3ccccc32)C1. The van der Waals surface area contributed by atoms with Crippen molar-refractivity contribution in [1.82, 2.24) is 5.32 Å². The Morgan fingerprint density at radius 2 is 2.21 bits per heavy atom. The van der Waals surface area contributed by atoms with E-state index in [4.69, 9.17) is 9.47 Å². The normalized spacial score (nSPS) is 30.3. The monoisotopic (exact) mass is 261 g/mol. The van der Waals surface area contributed by atoms with Crippen LogP contribution < -0.4 is 5.32 Å². The molecule has 3 nitrogen and oxygen atoms in total. The summed E-state index contributed by atoms with van der Waals surface area (Å²) >= 11 is 0. The highest BCUT2D eigenvalue weighted by Gasteiger charge is 2.26. The van der Waals surface area contributed by atoms with Gasteiger partial charge in [0.15, 0.2) is 0 Å². The molecule has 3 unspecified atom stereocenters. The molecule has 3 heteroatoms. The number of benzene rings is 1. The molecule has 19 heavy (non-hydrogen) atoms. The molecule has 1 N–H and O–H groups in total. The van der Waals surface area contributed by atoms with Crippen molar-refractivity contribution >= 4 is 0 Å². The predicted octanol–water partition coefficient (Wildman–Crippen LogP) is 2.46. The summed E-state index contributed by atoms with van der Waals surface area (Å²) in [6.07, 6.45) is 5.22. The summed E-state index contributed by atoms with van der Waals surface area (Å²) in [7, 11) is 1.81. The third-order valence-electron chi connectivity index (χ3n) is 4.40. The molecule has 1 fully saturated rings. The molecule has 0 spiro atoms. The second kappa shape index (κ2) is 6.04. The summed E-state index contributed by atoms with van der Waals surface area (Å²) in [5.74, 6) is 0. The summed E-state index contributed by atoms with van der Waals surface area (Å²) < 4.78 is 11.3. The Kier molecular flexibility index (Phi) is 4.16. The molecule has 3 atom stereocenters. The van der Waals surface area contributed by atoms with Crippen molar-refractivity contribution in [2.24, 2.45) is 0 Å². The van der Waals surface area contributed by atoms with Crippen molar-refractivity contribution in [2.45, 2.75) is 43.9 Å². The first-order chi connectivity index (χ1) is 9.36. The van der Waals surface area contributed by atoms with E-state index in [-0.39, 0.29) is 6.10 Å². The number of rotatable bonds is 4. The van der Waals surface area contributed by atoms with Gasteiger partial charge in [-0.05, 0) is 36.8 Å². The molecule has 0 bridgehead atoms. The molecule has 1 aliphatic heterocycles. The van der Waals surface area contributed by atoms with Gasteiger partial charge in [-0.25, -0.2) is 0 Å². The Hall–Kier alpha value is -0.900. The van der Waals surface area contributed by atoms with E-state index in [1.54, 1.807) is 0 Å². The summed E-state index contributed by atoms with van der Waals surface area (Å²) in [5, 5.41) is 3.65. The smallest absolute Gasteiger partial charge is 0.0952 e. The standard InChI is InChI=1S/C16H23NO2/c1-18-14-7-6-13(10-14)17-11-16-15-5-3-2-4-12(15)8-9-19-16/h2-5,13-14,16-17H,6-11H2,1H3. The van der Waals surface area contributed by atoms with Gasteiger partial charge in [0, 0.05) is 19.7 Å². The van der Waals surface area contributed by atoms with Crippen LogP contribution in [0.2, 0.25) is 0 Å². The lowest BCUT2D eigenvalue weighted by Gasteiger charge is -2.27. The minimum absolute atomic E-state index is 0.214. The third kappa shape index (κ3) is 2.99. The van der Waals surface area contributed by atoms with Crippen LogP contribution in [0.4, 0.5) is 0 Å². The van der Waals surface area contributed by atoms with Gasteiger partial charge in [-0.3, -0.25) is 0 Å². The Bertz CT molecular complexity index is 421. The molecular formula is C16H23NO2. The number of hydrogen-bond donors (Lipinski definition) is 1. The van der Waals surface area contributed by atoms with Crippen molar-refractivity contribution in [1.29, 1.82) is 0 Å². The summed E-state index contributed by atoms with van der Waals surface area (Å²) in [6, 6.07) is 9.24. The maximum absolute atomic E-state index is 5.92. The van der Waals surface area contributed by atoms with Crippen LogP contribution in [0.3, 0.4) is 0 Å². The molecule has 0 aromatic heterocycles. The molecule has 0 saturated heterocycles. The summed E-state index contributed by atoms with van der Waals surface area (Å²) in [5.41, 5.74) is 2.81. The van der Waals surface area contributed by atoms with Crippen molar-refractivity contribution in [3.8, 4) is 0 Å². The first-order valence-electron chi connectivity index (χ1n) is 7.32. The second-order valence-corrected chi connectivity index (χ2v) is 5.58. The molecule has 1 heterocycles. The van der Waals surface area contributed by atoms with E-state index in [2.05, 4.69) is 29.6 Å². The topological polar surface area (TPSA) is 30.5 Å². The lowest BCUT2D eigenvalue weighted by Crippen LogP contribution is -2.34. The zero-order valence-electron chi connectivity index (χ0n) is 11.6. The van der Waals surface area contributed by atoms with Crippen molar-refractivity contribution in [2.75, 3.05) is 20.3 Å². The zero-order valence-corrected chi connectivity index (χ0v) is 11.6. The van der Waals surface area contributed by atoms with Crippen molar-refractivity contribution < 1.29 is 9.47 Å². The van der Waals surface area contributed by atoms with Crippen LogP contribution in [0.25, 0.3) is 0 Å². The number of fused-ring (bicyclic) bond motifs is 1. The van der Waals surface area contributed by atoms with Gasteiger partial charge in [0.05, 0.1) is 18.8 Å². The Labute approximate surface area is 115 Å². The van der Waals surface area contributed by atoms with Crippen LogP contribution in [-0.2, 0) is 15.9 Å². The van der Waals surface area contributed by atoms with Gasteiger partial charge in [-0.1, -0.05) is 24.3 Å². The van der Waals surface area contributed by atoms with Crippen molar-refractivity contribution in [3.05, 3.63) is 35.4 Å². The molecule has 1 aromatic carbocycles. The van der Waals surface area contributed by atoms with Crippen LogP contribution in [0.15, 0.2) is 24.3 Å². The Balaban J connectivity index is 1.57. The number of nitrogens with one attached hydrogen (secondary N) is 1. The quantitative estimate of drug-likeness (QED) is 0.903. The van der Waals surface area contributed by atoms with E-state index >= 15 is 0 Å². The van der Waals surface area contributed by atoms with Gasteiger partial charge >= 0.3 is 0 Å². The minimum atomic E-state index is 0.214. The molecule has 3 rings (SSSR count). The van der Waals surface area contributed by atoms with Crippen LogP contribution in [0.5, 0.6) is 0 Å². The van der Waals surface area contributed by atoms with Gasteiger partial charge in [-0.2, -0.15) is 0 Å². The number of hydrogen-bond acceptors (Lipinski definition) is 3. The number of methoxy groups -OCH3 is 1. The molecule has 1 saturated carbocycles. The second-order valence-electron chi connectivity index (χ2n) is 5.58. The van der Waals surface area contributed by atoms with Gasteiger partial charge in [-0.15, -0.1) is 0 Å². The van der Waals surface area contributed by atoms with Gasteiger partial charge < -0.3 is 14.8 Å².